The van der Waals surface area contributed by atoms with Crippen LogP contribution >= 0.6 is 0 Å². The van der Waals surface area contributed by atoms with E-state index in [1.54, 1.807) is 0 Å². The van der Waals surface area contributed by atoms with E-state index in [0.29, 0.717) is 0 Å². The largest absolute Gasteiger partial charge is 1.00 e. The number of nitrogens with two attached hydrogens (primary N) is 1. The van der Waals surface area contributed by atoms with Crippen molar-refractivity contribution in [3.8, 4) is 0 Å². The van der Waals surface area contributed by atoms with Crippen LogP contribution in [0.1, 0.15) is 0 Å². The molecule has 0 radical (unpaired) electrons. The molecule has 11 heavy (non-hydrogen) atoms. The van der Waals surface area contributed by atoms with Gasteiger partial charge < -0.3 is 30.7 Å². The fraction of sp³-hybridized carbons (Fsp3) is 0. The topological polar surface area (TPSA) is 170 Å². The number of rotatable bonds is 0. The first kappa shape index (κ1) is 22.5. The fourth-order valence-electron chi connectivity index (χ4n) is 0. The number of nitrogens with zero attached hydrogens (tertiary/aromatic N) is 1. The second-order valence-electron chi connectivity index (χ2n) is 0.506. The summed E-state index contributed by atoms with van der Waals surface area (Å²) in [6, 6.07) is 0. The first-order valence-corrected chi connectivity index (χ1v) is 1.46. The van der Waals surface area contributed by atoms with Crippen LogP contribution in [0.25, 0.3) is 0 Å². The summed E-state index contributed by atoms with van der Waals surface area (Å²) in [5, 5.41) is 35.2. The summed E-state index contributed by atoms with van der Waals surface area (Å²) in [5.74, 6) is 3.50. The van der Waals surface area contributed by atoms with Gasteiger partial charge in [-0.05, 0) is 0 Å². The summed E-state index contributed by atoms with van der Waals surface area (Å²) in [6.07, 6.45) is -1.83. The van der Waals surface area contributed by atoms with Crippen molar-refractivity contribution >= 4 is 6.16 Å². The van der Waals surface area contributed by atoms with E-state index >= 15 is 0 Å². The van der Waals surface area contributed by atoms with Crippen LogP contribution in [0.3, 0.4) is 0 Å². The van der Waals surface area contributed by atoms with Gasteiger partial charge in [0.1, 0.15) is 0 Å². The Bertz CT molecular complexity index is 74.4. The molecule has 0 atom stereocenters. The minimum atomic E-state index is -1.83. The van der Waals surface area contributed by atoms with Crippen molar-refractivity contribution in [3.05, 3.63) is 15.3 Å². The molecule has 0 spiro atoms. The second-order valence-corrected chi connectivity index (χ2v) is 0.506. The Hall–Kier alpha value is 0.0264. The second kappa shape index (κ2) is 22.5. The molecule has 0 heterocycles. The average molecular weight is 196 g/mol. The van der Waals surface area contributed by atoms with Gasteiger partial charge in [-0.25, -0.2) is 10.7 Å². The molecule has 10 heteroatoms. The Morgan fingerprint density at radius 2 is 1.27 bits per heavy atom. The molecule has 0 bridgehead atoms. The Balaban J connectivity index is -0.0000000339. The van der Waals surface area contributed by atoms with E-state index in [-0.39, 0.29) is 51.4 Å². The predicted molar refractivity (Wildman–Crippen MR) is 27.0 cm³/mol. The Kier molecular flexibility index (Phi) is 45.9. The van der Waals surface area contributed by atoms with Crippen LogP contribution in [0.4, 0.5) is 4.79 Å². The number of hydrogen-bond donors (Lipinski definition) is 4. The SMILES string of the molecule is NO.O=C(O)O.O=[N+]([O-])[O-].[K+]. The molecule has 0 aromatic carbocycles. The van der Waals surface area contributed by atoms with Crippen LogP contribution in [0, 0.1) is 15.3 Å². The maximum atomic E-state index is 8.56. The normalized spacial score (nSPS) is 4.91. The van der Waals surface area contributed by atoms with E-state index in [1.165, 1.54) is 0 Å². The number of carbonyl (C=O) groups is 1. The van der Waals surface area contributed by atoms with Gasteiger partial charge in [0, 0.05) is 0 Å². The van der Waals surface area contributed by atoms with Crippen LogP contribution in [0.15, 0.2) is 0 Å². The summed E-state index contributed by atoms with van der Waals surface area (Å²) in [7, 11) is 0. The Labute approximate surface area is 103 Å². The fourth-order valence-corrected chi connectivity index (χ4v) is 0. The van der Waals surface area contributed by atoms with Crippen molar-refractivity contribution < 1.29 is 76.7 Å². The van der Waals surface area contributed by atoms with E-state index in [9.17, 15) is 0 Å². The van der Waals surface area contributed by atoms with Crippen LogP contribution in [0.2, 0.25) is 0 Å². The summed E-state index contributed by atoms with van der Waals surface area (Å²) in [6.45, 7) is 0. The van der Waals surface area contributed by atoms with Crippen LogP contribution < -0.4 is 57.3 Å². The van der Waals surface area contributed by atoms with E-state index < -0.39 is 11.2 Å². The van der Waals surface area contributed by atoms with Crippen molar-refractivity contribution in [2.75, 3.05) is 0 Å². The quantitative estimate of drug-likeness (QED) is 0.174. The molecule has 0 rings (SSSR count). The molecule has 0 aromatic rings. The smallest absolute Gasteiger partial charge is 0.450 e. The van der Waals surface area contributed by atoms with Crippen LogP contribution in [0.5, 0.6) is 0 Å². The first-order chi connectivity index (χ1) is 4.46. The molecule has 0 unspecified atom stereocenters. The molecule has 0 aliphatic carbocycles. The summed E-state index contributed by atoms with van der Waals surface area (Å²) in [4.78, 5) is 16.8. The zero-order valence-corrected chi connectivity index (χ0v) is 8.62. The molecular formula is CH5KN2O7. The van der Waals surface area contributed by atoms with Gasteiger partial charge in [0.05, 0.1) is 5.09 Å². The van der Waals surface area contributed by atoms with Gasteiger partial charge in [-0.3, -0.25) is 0 Å². The van der Waals surface area contributed by atoms with Gasteiger partial charge in [-0.2, -0.15) is 0 Å². The van der Waals surface area contributed by atoms with Crippen LogP contribution in [-0.2, 0) is 0 Å². The standard InChI is InChI=1S/CH2O3.K.NO3.H3NO/c2-1(3)4;;2-1(3)4;1-2/h(H2,2,3,4);;;2H,1H2/q;+1;-1;. The monoisotopic (exact) mass is 196 g/mol. The molecule has 0 aromatic heterocycles. The van der Waals surface area contributed by atoms with E-state index in [4.69, 9.17) is 35.5 Å². The Morgan fingerprint density at radius 3 is 1.27 bits per heavy atom. The van der Waals surface area contributed by atoms with E-state index in [1.807, 2.05) is 0 Å². The molecule has 0 aliphatic rings. The predicted octanol–water partition coefficient (Wildman–Crippen LogP) is -3.68. The molecule has 9 nitrogen and oxygen atoms in total. The van der Waals surface area contributed by atoms with Crippen molar-refractivity contribution in [3.63, 3.8) is 0 Å². The third-order valence-electron chi connectivity index (χ3n) is 0. The van der Waals surface area contributed by atoms with Crippen molar-refractivity contribution in [1.82, 2.24) is 0 Å². The molecule has 0 saturated carbocycles. The van der Waals surface area contributed by atoms with Crippen molar-refractivity contribution in [2.45, 2.75) is 0 Å². The zero-order chi connectivity index (χ0) is 9.15. The zero-order valence-electron chi connectivity index (χ0n) is 5.50. The molecule has 0 aliphatic heterocycles. The van der Waals surface area contributed by atoms with Gasteiger partial charge in [-0.15, -0.1) is 0 Å². The van der Waals surface area contributed by atoms with E-state index in [0.717, 1.165) is 0 Å². The van der Waals surface area contributed by atoms with Gasteiger partial charge in [0.2, 0.25) is 0 Å². The maximum absolute atomic E-state index is 8.56. The molecular weight excluding hydrogens is 191 g/mol. The minimum Gasteiger partial charge on any atom is -0.450 e. The average Bonchev–Trinajstić information content (AvgIpc) is 1.66. The summed E-state index contributed by atoms with van der Waals surface area (Å²) >= 11 is 0. The van der Waals surface area contributed by atoms with Gasteiger partial charge in [0.15, 0.2) is 0 Å². The first-order valence-electron chi connectivity index (χ1n) is 1.46. The van der Waals surface area contributed by atoms with Crippen LogP contribution in [-0.4, -0.2) is 26.7 Å². The molecule has 0 fully saturated rings. The molecule has 0 saturated heterocycles. The molecule has 62 valence electrons. The summed E-state index contributed by atoms with van der Waals surface area (Å²) in [5.41, 5.74) is 0. The third kappa shape index (κ3) is 929000. The van der Waals surface area contributed by atoms with Crippen molar-refractivity contribution in [1.29, 1.82) is 0 Å². The van der Waals surface area contributed by atoms with Gasteiger partial charge in [0.25, 0.3) is 0 Å². The number of hydrogen-bond acceptors (Lipinski definition) is 6. The maximum Gasteiger partial charge on any atom is 1.00 e. The number of carboxylic acid groups (broad SMARTS) is 2. The van der Waals surface area contributed by atoms with Gasteiger partial charge in [-0.1, -0.05) is 0 Å². The van der Waals surface area contributed by atoms with Crippen molar-refractivity contribution in [2.24, 2.45) is 5.90 Å². The Morgan fingerprint density at radius 1 is 1.27 bits per heavy atom. The molecule has 0 amide bonds. The minimum absolute atomic E-state index is 0. The van der Waals surface area contributed by atoms with Gasteiger partial charge >= 0.3 is 57.5 Å². The van der Waals surface area contributed by atoms with E-state index in [2.05, 4.69) is 5.90 Å². The summed E-state index contributed by atoms with van der Waals surface area (Å²) < 4.78 is 0. The third-order valence-corrected chi connectivity index (χ3v) is 0. The molecule has 5 N–H and O–H groups in total.